The Bertz CT molecular complexity index is 290. The van der Waals surface area contributed by atoms with Gasteiger partial charge in [0.15, 0.2) is 0 Å². The second-order valence-electron chi connectivity index (χ2n) is 1.89. The maximum Gasteiger partial charge on any atom is 0.133 e. The third-order valence-electron chi connectivity index (χ3n) is 1.14. The van der Waals surface area contributed by atoms with E-state index >= 15 is 0 Å². The number of benzene rings is 1. The molecule has 0 aliphatic rings. The van der Waals surface area contributed by atoms with Crippen LogP contribution in [0.4, 0.5) is 0 Å². The molecule has 0 atom stereocenters. The zero-order chi connectivity index (χ0) is 7.56. The lowest BCUT2D eigenvalue weighted by molar-refractivity contribution is 0.473. The molecule has 0 aromatic heterocycles. The normalized spacial score (nSPS) is 8.70. The highest BCUT2D eigenvalue weighted by molar-refractivity contribution is 6.32. The summed E-state index contributed by atoms with van der Waals surface area (Å²) in [5.41, 5.74) is 0.689. The summed E-state index contributed by atoms with van der Waals surface area (Å²) in [6, 6.07) is 6.17. The minimum Gasteiger partial charge on any atom is -0.507 e. The first-order valence-corrected chi connectivity index (χ1v) is 2.72. The number of phenolic OH excluding ortho intramolecular Hbond substituents is 1. The van der Waals surface area contributed by atoms with E-state index in [9.17, 15) is 0 Å². The van der Waals surface area contributed by atoms with Crippen LogP contribution in [0.15, 0.2) is 18.2 Å². The van der Waals surface area contributed by atoms with Crippen LogP contribution in [0.2, 0.25) is 0 Å². The lowest BCUT2D eigenvalue weighted by Crippen LogP contribution is -2.00. The summed E-state index contributed by atoms with van der Waals surface area (Å²) >= 11 is 0. The predicted octanol–water partition coefficient (Wildman–Crippen LogP) is 0.0577. The second-order valence-corrected chi connectivity index (χ2v) is 1.89. The molecule has 2 radical (unpaired) electrons. The zero-order valence-electron chi connectivity index (χ0n) is 5.20. The molecule has 0 saturated heterocycles. The Hall–Kier alpha value is -1.43. The van der Waals surface area contributed by atoms with Crippen molar-refractivity contribution in [3.05, 3.63) is 23.8 Å². The van der Waals surface area contributed by atoms with Gasteiger partial charge in [-0.25, -0.2) is 0 Å². The molecule has 3 heteroatoms. The Kier molecular flexibility index (Phi) is 1.64. The van der Waals surface area contributed by atoms with Gasteiger partial charge < -0.3 is 5.11 Å². The lowest BCUT2D eigenvalue weighted by atomic mass is 9.94. The van der Waals surface area contributed by atoms with Crippen LogP contribution in [0, 0.1) is 11.3 Å². The first-order chi connectivity index (χ1) is 4.74. The highest BCUT2D eigenvalue weighted by Gasteiger charge is 1.96. The second kappa shape index (κ2) is 2.44. The SMILES string of the molecule is [B]c1ccc(O)c(C#N)c1. The molecule has 0 saturated carbocycles. The van der Waals surface area contributed by atoms with Gasteiger partial charge >= 0.3 is 0 Å². The highest BCUT2D eigenvalue weighted by atomic mass is 16.3. The van der Waals surface area contributed by atoms with E-state index in [1.165, 1.54) is 18.2 Å². The number of nitrogens with zero attached hydrogens (tertiary/aromatic N) is 1. The minimum atomic E-state index is -0.0308. The fourth-order valence-electron chi connectivity index (χ4n) is 0.643. The molecule has 0 aliphatic heterocycles. The van der Waals surface area contributed by atoms with Crippen molar-refractivity contribution in [2.24, 2.45) is 0 Å². The number of nitriles is 1. The van der Waals surface area contributed by atoms with Crippen LogP contribution < -0.4 is 5.46 Å². The van der Waals surface area contributed by atoms with E-state index in [4.69, 9.17) is 18.2 Å². The molecule has 0 aliphatic carbocycles. The Labute approximate surface area is 60.1 Å². The van der Waals surface area contributed by atoms with Crippen molar-refractivity contribution in [1.82, 2.24) is 0 Å². The molecule has 1 N–H and O–H groups in total. The molecule has 0 heterocycles. The van der Waals surface area contributed by atoms with Crippen LogP contribution in [0.25, 0.3) is 0 Å². The molecule has 1 aromatic rings. The maximum atomic E-state index is 8.96. The predicted molar refractivity (Wildman–Crippen MR) is 38.2 cm³/mol. The molecule has 1 aromatic carbocycles. The lowest BCUT2D eigenvalue weighted by Gasteiger charge is -1.95. The van der Waals surface area contributed by atoms with E-state index in [-0.39, 0.29) is 11.3 Å². The van der Waals surface area contributed by atoms with Crippen molar-refractivity contribution in [2.45, 2.75) is 0 Å². The molecule has 0 fully saturated rings. The van der Waals surface area contributed by atoms with Gasteiger partial charge in [-0.15, -0.1) is 0 Å². The smallest absolute Gasteiger partial charge is 0.133 e. The van der Waals surface area contributed by atoms with Gasteiger partial charge in [0.25, 0.3) is 0 Å². The molecule has 1 rings (SSSR count). The van der Waals surface area contributed by atoms with E-state index in [2.05, 4.69) is 0 Å². The molecule has 2 nitrogen and oxygen atoms in total. The van der Waals surface area contributed by atoms with E-state index < -0.39 is 0 Å². The average Bonchev–Trinajstić information content (AvgIpc) is 1.94. The van der Waals surface area contributed by atoms with E-state index in [1.807, 2.05) is 0 Å². The highest BCUT2D eigenvalue weighted by Crippen LogP contribution is 2.11. The summed E-state index contributed by atoms with van der Waals surface area (Å²) in [7, 11) is 5.34. The van der Waals surface area contributed by atoms with Crippen LogP contribution in [-0.4, -0.2) is 13.0 Å². The molecule has 10 heavy (non-hydrogen) atoms. The summed E-state index contributed by atoms with van der Waals surface area (Å²) in [5.74, 6) is -0.0308. The van der Waals surface area contributed by atoms with Crippen molar-refractivity contribution in [3.63, 3.8) is 0 Å². The Balaban J connectivity index is 3.25. The number of aromatic hydroxyl groups is 1. The Morgan fingerprint density at radius 3 is 2.70 bits per heavy atom. The van der Waals surface area contributed by atoms with Gasteiger partial charge in [-0.1, -0.05) is 11.5 Å². The summed E-state index contributed by atoms with van der Waals surface area (Å²) in [4.78, 5) is 0. The zero-order valence-corrected chi connectivity index (χ0v) is 5.20. The van der Waals surface area contributed by atoms with Gasteiger partial charge in [-0.05, 0) is 12.1 Å². The van der Waals surface area contributed by atoms with Gasteiger partial charge in [-0.2, -0.15) is 5.26 Å². The van der Waals surface area contributed by atoms with Gasteiger partial charge in [0.1, 0.15) is 19.7 Å². The first-order valence-electron chi connectivity index (χ1n) is 2.72. The quantitative estimate of drug-likeness (QED) is 0.503. The fourth-order valence-corrected chi connectivity index (χ4v) is 0.643. The molecule has 0 spiro atoms. The monoisotopic (exact) mass is 129 g/mol. The number of phenols is 1. The van der Waals surface area contributed by atoms with Crippen molar-refractivity contribution < 1.29 is 5.11 Å². The van der Waals surface area contributed by atoms with Crippen molar-refractivity contribution in [1.29, 1.82) is 5.26 Å². The van der Waals surface area contributed by atoms with Crippen LogP contribution >= 0.6 is 0 Å². The van der Waals surface area contributed by atoms with Crippen LogP contribution in [0.1, 0.15) is 5.56 Å². The number of rotatable bonds is 0. The summed E-state index contributed by atoms with van der Waals surface area (Å²) in [6.07, 6.45) is 0. The standard InChI is InChI=1S/C7H4BNO/c8-6-1-2-7(10)5(3-6)4-9/h1-3,10H. The van der Waals surface area contributed by atoms with Crippen molar-refractivity contribution >= 4 is 13.3 Å². The molecule has 0 amide bonds. The fraction of sp³-hybridized carbons (Fsp3) is 0. The maximum absolute atomic E-state index is 8.96. The van der Waals surface area contributed by atoms with E-state index in [1.54, 1.807) is 6.07 Å². The molecular weight excluding hydrogens is 125 g/mol. The van der Waals surface area contributed by atoms with Crippen LogP contribution in [0.3, 0.4) is 0 Å². The van der Waals surface area contributed by atoms with Gasteiger partial charge in [0.05, 0.1) is 5.56 Å². The van der Waals surface area contributed by atoms with E-state index in [0.29, 0.717) is 5.46 Å². The molecule has 0 unspecified atom stereocenters. The van der Waals surface area contributed by atoms with Crippen molar-refractivity contribution in [2.75, 3.05) is 0 Å². The minimum absolute atomic E-state index is 0.0308. The van der Waals surface area contributed by atoms with Crippen LogP contribution in [-0.2, 0) is 0 Å². The molecular formula is C7H4BNO. The summed E-state index contributed by atoms with van der Waals surface area (Å²) in [6.45, 7) is 0. The first kappa shape index (κ1) is 6.69. The number of hydrogen-bond acceptors (Lipinski definition) is 2. The summed E-state index contributed by atoms with van der Waals surface area (Å²) < 4.78 is 0. The topological polar surface area (TPSA) is 44.0 Å². The van der Waals surface area contributed by atoms with E-state index in [0.717, 1.165) is 0 Å². The van der Waals surface area contributed by atoms with Crippen molar-refractivity contribution in [3.8, 4) is 11.8 Å². The molecule has 46 valence electrons. The van der Waals surface area contributed by atoms with Gasteiger partial charge in [0.2, 0.25) is 0 Å². The third kappa shape index (κ3) is 1.11. The third-order valence-corrected chi connectivity index (χ3v) is 1.14. The number of hydrogen-bond donors (Lipinski definition) is 1. The van der Waals surface area contributed by atoms with Crippen LogP contribution in [0.5, 0.6) is 5.75 Å². The Morgan fingerprint density at radius 2 is 2.20 bits per heavy atom. The Morgan fingerprint density at radius 1 is 1.50 bits per heavy atom. The van der Waals surface area contributed by atoms with Gasteiger partial charge in [0, 0.05) is 0 Å². The largest absolute Gasteiger partial charge is 0.507 e. The molecule has 0 bridgehead atoms. The van der Waals surface area contributed by atoms with Gasteiger partial charge in [-0.3, -0.25) is 0 Å². The average molecular weight is 129 g/mol. The summed E-state index contributed by atoms with van der Waals surface area (Å²) in [5, 5.41) is 17.3.